The van der Waals surface area contributed by atoms with Crippen LogP contribution in [0.1, 0.15) is 25.0 Å². The molecule has 0 saturated carbocycles. The summed E-state index contributed by atoms with van der Waals surface area (Å²) in [7, 11) is 0. The lowest BCUT2D eigenvalue weighted by atomic mass is 9.75. The molecule has 0 atom stereocenters. The standard InChI is InChI=1S/C41H30OS/c1-41(2)34-16-6-7-17-36(34)42-37-26-31(22-23-35(37)41)39-25-24-38(43-39)29-20-18-28(19-21-29)33-15-9-13-30-12-8-14-32(40(30)33)27-10-4-3-5-11-27/h3-26H,1-2H3. The average molecular weight is 571 g/mol. The predicted octanol–water partition coefficient (Wildman–Crippen LogP) is 12.0. The molecule has 7 aromatic rings. The Labute approximate surface area is 256 Å². The highest BCUT2D eigenvalue weighted by atomic mass is 32.1. The zero-order valence-electron chi connectivity index (χ0n) is 24.2. The highest BCUT2D eigenvalue weighted by Gasteiger charge is 2.34. The van der Waals surface area contributed by atoms with E-state index in [0.717, 1.165) is 11.5 Å². The lowest BCUT2D eigenvalue weighted by Crippen LogP contribution is -2.24. The summed E-state index contributed by atoms with van der Waals surface area (Å²) in [6, 6.07) is 52.4. The Kier molecular flexibility index (Phi) is 6.06. The third kappa shape index (κ3) is 4.38. The molecule has 0 saturated heterocycles. The monoisotopic (exact) mass is 570 g/mol. The lowest BCUT2D eigenvalue weighted by molar-refractivity contribution is 0.418. The lowest BCUT2D eigenvalue weighted by Gasteiger charge is -2.34. The summed E-state index contributed by atoms with van der Waals surface area (Å²) in [4.78, 5) is 2.50. The summed E-state index contributed by atoms with van der Waals surface area (Å²) in [5.74, 6) is 1.90. The van der Waals surface area contributed by atoms with Gasteiger partial charge in [0.1, 0.15) is 11.5 Å². The minimum Gasteiger partial charge on any atom is -0.457 e. The molecule has 43 heavy (non-hydrogen) atoms. The zero-order chi connectivity index (χ0) is 29.0. The Balaban J connectivity index is 1.12. The molecular formula is C41H30OS. The van der Waals surface area contributed by atoms with Gasteiger partial charge in [0, 0.05) is 26.3 Å². The zero-order valence-corrected chi connectivity index (χ0v) is 25.0. The number of ether oxygens (including phenoxy) is 1. The molecule has 1 aromatic heterocycles. The normalized spacial score (nSPS) is 13.3. The second-order valence-electron chi connectivity index (χ2n) is 11.8. The number of fused-ring (bicyclic) bond motifs is 3. The highest BCUT2D eigenvalue weighted by Crippen LogP contribution is 2.49. The van der Waals surface area contributed by atoms with Gasteiger partial charge in [-0.3, -0.25) is 0 Å². The number of benzene rings is 6. The van der Waals surface area contributed by atoms with Crippen LogP contribution in [0.15, 0.2) is 146 Å². The van der Waals surface area contributed by atoms with Crippen molar-refractivity contribution in [3.05, 3.63) is 157 Å². The molecule has 0 unspecified atom stereocenters. The van der Waals surface area contributed by atoms with Gasteiger partial charge in [-0.1, -0.05) is 135 Å². The third-order valence-electron chi connectivity index (χ3n) is 8.80. The number of rotatable bonds is 4. The van der Waals surface area contributed by atoms with Crippen molar-refractivity contribution >= 4 is 22.1 Å². The van der Waals surface area contributed by atoms with Crippen molar-refractivity contribution in [1.29, 1.82) is 0 Å². The number of hydrogen-bond acceptors (Lipinski definition) is 2. The van der Waals surface area contributed by atoms with E-state index in [2.05, 4.69) is 153 Å². The molecule has 8 rings (SSSR count). The van der Waals surface area contributed by atoms with Gasteiger partial charge >= 0.3 is 0 Å². The Morgan fingerprint density at radius 3 is 1.79 bits per heavy atom. The smallest absolute Gasteiger partial charge is 0.132 e. The van der Waals surface area contributed by atoms with Crippen LogP contribution in [-0.2, 0) is 5.41 Å². The molecule has 1 nitrogen and oxygen atoms in total. The van der Waals surface area contributed by atoms with Crippen molar-refractivity contribution in [3.8, 4) is 54.6 Å². The molecule has 2 heteroatoms. The van der Waals surface area contributed by atoms with E-state index in [-0.39, 0.29) is 5.41 Å². The fourth-order valence-electron chi connectivity index (χ4n) is 6.51. The second kappa shape index (κ2) is 10.1. The molecule has 0 amide bonds. The van der Waals surface area contributed by atoms with Crippen molar-refractivity contribution in [1.82, 2.24) is 0 Å². The highest BCUT2D eigenvalue weighted by molar-refractivity contribution is 7.18. The summed E-state index contributed by atoms with van der Waals surface area (Å²) in [5, 5.41) is 2.55. The van der Waals surface area contributed by atoms with Crippen LogP contribution in [0, 0.1) is 0 Å². The molecule has 2 heterocycles. The van der Waals surface area contributed by atoms with Gasteiger partial charge in [-0.15, -0.1) is 11.3 Å². The number of para-hydroxylation sites is 1. The molecule has 6 aromatic carbocycles. The minimum absolute atomic E-state index is 0.100. The topological polar surface area (TPSA) is 9.23 Å². The largest absolute Gasteiger partial charge is 0.457 e. The van der Waals surface area contributed by atoms with E-state index >= 15 is 0 Å². The number of thiophene rings is 1. The first-order valence-electron chi connectivity index (χ1n) is 14.8. The molecule has 1 aliphatic rings. The SMILES string of the molecule is CC1(C)c2ccccc2Oc2cc(-c3ccc(-c4ccc(-c5cccc6cccc(-c7ccccc7)c56)cc4)s3)ccc21. The maximum atomic E-state index is 6.39. The van der Waals surface area contributed by atoms with Crippen LogP contribution >= 0.6 is 11.3 Å². The van der Waals surface area contributed by atoms with Gasteiger partial charge in [-0.05, 0) is 68.4 Å². The fourth-order valence-corrected chi connectivity index (χ4v) is 7.52. The van der Waals surface area contributed by atoms with Crippen LogP contribution in [0.4, 0.5) is 0 Å². The molecule has 0 spiro atoms. The molecule has 0 aliphatic carbocycles. The summed E-state index contributed by atoms with van der Waals surface area (Å²) in [6.07, 6.45) is 0. The Morgan fingerprint density at radius 1 is 0.465 bits per heavy atom. The van der Waals surface area contributed by atoms with E-state index in [9.17, 15) is 0 Å². The quantitative estimate of drug-likeness (QED) is 0.204. The Bertz CT molecular complexity index is 2110. The van der Waals surface area contributed by atoms with Gasteiger partial charge in [-0.2, -0.15) is 0 Å². The maximum absolute atomic E-state index is 6.39. The van der Waals surface area contributed by atoms with Crippen LogP contribution in [0.3, 0.4) is 0 Å². The minimum atomic E-state index is -0.100. The van der Waals surface area contributed by atoms with Gasteiger partial charge < -0.3 is 4.74 Å². The van der Waals surface area contributed by atoms with Crippen molar-refractivity contribution in [2.45, 2.75) is 19.3 Å². The first-order chi connectivity index (χ1) is 21.1. The van der Waals surface area contributed by atoms with Crippen molar-refractivity contribution < 1.29 is 4.74 Å². The van der Waals surface area contributed by atoms with Gasteiger partial charge in [-0.25, -0.2) is 0 Å². The molecule has 0 bridgehead atoms. The molecule has 0 fully saturated rings. The van der Waals surface area contributed by atoms with Gasteiger partial charge in [0.2, 0.25) is 0 Å². The Morgan fingerprint density at radius 2 is 1.05 bits per heavy atom. The van der Waals surface area contributed by atoms with E-state index in [1.807, 2.05) is 17.4 Å². The Hall–Kier alpha value is -4.92. The molecule has 0 N–H and O–H groups in total. The molecular weight excluding hydrogens is 541 g/mol. The predicted molar refractivity (Wildman–Crippen MR) is 182 cm³/mol. The van der Waals surface area contributed by atoms with Crippen LogP contribution in [0.25, 0.3) is 53.9 Å². The van der Waals surface area contributed by atoms with Crippen molar-refractivity contribution in [2.24, 2.45) is 0 Å². The van der Waals surface area contributed by atoms with Crippen LogP contribution in [0.5, 0.6) is 11.5 Å². The van der Waals surface area contributed by atoms with Gasteiger partial charge in [0.15, 0.2) is 0 Å². The summed E-state index contributed by atoms with van der Waals surface area (Å²) >= 11 is 1.82. The van der Waals surface area contributed by atoms with Crippen LogP contribution in [0.2, 0.25) is 0 Å². The third-order valence-corrected chi connectivity index (χ3v) is 9.98. The second-order valence-corrected chi connectivity index (χ2v) is 12.8. The van der Waals surface area contributed by atoms with E-state index in [1.54, 1.807) is 0 Å². The molecule has 0 radical (unpaired) electrons. The first kappa shape index (κ1) is 25.8. The number of hydrogen-bond donors (Lipinski definition) is 0. The average Bonchev–Trinajstić information content (AvgIpc) is 3.55. The first-order valence-corrected chi connectivity index (χ1v) is 15.6. The summed E-state index contributed by atoms with van der Waals surface area (Å²) in [6.45, 7) is 4.56. The molecule has 206 valence electrons. The fraction of sp³-hybridized carbons (Fsp3) is 0.0732. The molecule has 1 aliphatic heterocycles. The maximum Gasteiger partial charge on any atom is 0.132 e. The van der Waals surface area contributed by atoms with Crippen molar-refractivity contribution in [2.75, 3.05) is 0 Å². The van der Waals surface area contributed by atoms with Gasteiger partial charge in [0.25, 0.3) is 0 Å². The summed E-state index contributed by atoms with van der Waals surface area (Å²) < 4.78 is 6.39. The van der Waals surface area contributed by atoms with Crippen molar-refractivity contribution in [3.63, 3.8) is 0 Å². The summed E-state index contributed by atoms with van der Waals surface area (Å²) in [5.41, 5.74) is 9.77. The van der Waals surface area contributed by atoms with Gasteiger partial charge in [0.05, 0.1) is 0 Å². The van der Waals surface area contributed by atoms with Crippen LogP contribution < -0.4 is 4.74 Å². The van der Waals surface area contributed by atoms with E-state index in [4.69, 9.17) is 4.74 Å². The van der Waals surface area contributed by atoms with E-state index in [0.29, 0.717) is 0 Å². The van der Waals surface area contributed by atoms with Crippen LogP contribution in [-0.4, -0.2) is 0 Å². The van der Waals surface area contributed by atoms with E-state index < -0.39 is 0 Å². The van der Waals surface area contributed by atoms with E-state index in [1.165, 1.54) is 65.0 Å².